The van der Waals surface area contributed by atoms with Gasteiger partial charge in [0.05, 0.1) is 5.75 Å². The fourth-order valence-electron chi connectivity index (χ4n) is 3.34. The van der Waals surface area contributed by atoms with Crippen molar-refractivity contribution in [2.24, 2.45) is 11.8 Å². The first-order valence-electron chi connectivity index (χ1n) is 8.84. The van der Waals surface area contributed by atoms with Crippen LogP contribution in [0.2, 0.25) is 5.02 Å². The summed E-state index contributed by atoms with van der Waals surface area (Å²) in [7, 11) is 0. The topological polar surface area (TPSA) is 85.8 Å². The molecule has 3 atom stereocenters. The molecule has 1 aliphatic carbocycles. The highest BCUT2D eigenvalue weighted by molar-refractivity contribution is 7.99. The third-order valence-corrected chi connectivity index (χ3v) is 6.35. The Hall–Kier alpha value is -1.73. The van der Waals surface area contributed by atoms with Gasteiger partial charge in [-0.25, -0.2) is 4.68 Å². The Balaban J connectivity index is 1.58. The van der Waals surface area contributed by atoms with E-state index in [0.29, 0.717) is 27.8 Å². The Labute approximate surface area is 162 Å². The maximum Gasteiger partial charge on any atom is 0.230 e. The van der Waals surface area contributed by atoms with Crippen molar-refractivity contribution in [3.63, 3.8) is 0 Å². The minimum atomic E-state index is 0.0111. The van der Waals surface area contributed by atoms with Crippen LogP contribution < -0.4 is 11.2 Å². The van der Waals surface area contributed by atoms with Crippen LogP contribution in [0.4, 0.5) is 0 Å². The lowest BCUT2D eigenvalue weighted by atomic mass is 9.78. The third-order valence-electron chi connectivity index (χ3n) is 5.15. The molecule has 6 nitrogen and oxygen atoms in total. The van der Waals surface area contributed by atoms with Crippen molar-refractivity contribution in [2.75, 3.05) is 11.6 Å². The summed E-state index contributed by atoms with van der Waals surface area (Å²) in [5, 5.41) is 12.5. The third kappa shape index (κ3) is 4.32. The largest absolute Gasteiger partial charge is 0.352 e. The molecule has 2 aromatic rings. The number of aromatic nitrogens is 3. The van der Waals surface area contributed by atoms with Crippen molar-refractivity contribution >= 4 is 29.3 Å². The number of nitrogens with zero attached hydrogens (tertiary/aromatic N) is 3. The lowest BCUT2D eigenvalue weighted by molar-refractivity contribution is -0.120. The second-order valence-electron chi connectivity index (χ2n) is 6.91. The molecule has 26 heavy (non-hydrogen) atoms. The average molecular weight is 394 g/mol. The van der Waals surface area contributed by atoms with Crippen LogP contribution in [0.5, 0.6) is 0 Å². The van der Waals surface area contributed by atoms with Gasteiger partial charge in [0.25, 0.3) is 0 Å². The fraction of sp³-hybridized carbons (Fsp3) is 0.500. The zero-order valence-corrected chi connectivity index (χ0v) is 16.6. The Morgan fingerprint density at radius 3 is 2.77 bits per heavy atom. The van der Waals surface area contributed by atoms with E-state index in [1.54, 1.807) is 12.1 Å². The number of nitrogens with one attached hydrogen (secondary N) is 1. The Morgan fingerprint density at radius 2 is 2.04 bits per heavy atom. The van der Waals surface area contributed by atoms with Crippen molar-refractivity contribution in [3.8, 4) is 11.4 Å². The number of benzene rings is 1. The zero-order chi connectivity index (χ0) is 18.7. The van der Waals surface area contributed by atoms with Crippen LogP contribution in [0.1, 0.15) is 33.1 Å². The first kappa shape index (κ1) is 19.0. The van der Waals surface area contributed by atoms with Gasteiger partial charge in [-0.2, -0.15) is 0 Å². The fourth-order valence-corrected chi connectivity index (χ4v) is 4.13. The van der Waals surface area contributed by atoms with Crippen LogP contribution in [0.25, 0.3) is 11.4 Å². The Morgan fingerprint density at radius 1 is 1.31 bits per heavy atom. The molecule has 3 rings (SSSR count). The lowest BCUT2D eigenvalue weighted by Crippen LogP contribution is -2.44. The Kier molecular flexibility index (Phi) is 6.09. The molecule has 1 aromatic carbocycles. The van der Waals surface area contributed by atoms with Crippen molar-refractivity contribution in [1.82, 2.24) is 20.2 Å². The first-order valence-corrected chi connectivity index (χ1v) is 10.2. The van der Waals surface area contributed by atoms with E-state index in [1.807, 2.05) is 12.1 Å². The van der Waals surface area contributed by atoms with E-state index in [2.05, 4.69) is 29.4 Å². The zero-order valence-electron chi connectivity index (χ0n) is 15.0. The number of hydrogen-bond acceptors (Lipinski definition) is 5. The van der Waals surface area contributed by atoms with Gasteiger partial charge in [0.15, 0.2) is 5.82 Å². The van der Waals surface area contributed by atoms with Crippen LogP contribution >= 0.6 is 23.4 Å². The quantitative estimate of drug-likeness (QED) is 0.601. The van der Waals surface area contributed by atoms with Crippen LogP contribution in [-0.4, -0.2) is 32.6 Å². The molecule has 1 saturated carbocycles. The van der Waals surface area contributed by atoms with Gasteiger partial charge in [0, 0.05) is 16.6 Å². The molecule has 0 saturated heterocycles. The van der Waals surface area contributed by atoms with Crippen molar-refractivity contribution in [3.05, 3.63) is 29.3 Å². The van der Waals surface area contributed by atoms with Gasteiger partial charge in [-0.15, -0.1) is 10.2 Å². The molecule has 0 spiro atoms. The smallest absolute Gasteiger partial charge is 0.230 e. The molecule has 140 valence electrons. The van der Waals surface area contributed by atoms with Crippen LogP contribution in [0.15, 0.2) is 29.4 Å². The first-order chi connectivity index (χ1) is 12.5. The monoisotopic (exact) mass is 393 g/mol. The normalized spacial score (nSPS) is 23.0. The van der Waals surface area contributed by atoms with E-state index in [1.165, 1.54) is 29.3 Å². The maximum absolute atomic E-state index is 12.3. The molecule has 1 aromatic heterocycles. The Bertz CT molecular complexity index is 763. The standard InChI is InChI=1S/C18H24ClN5OS/c1-11-4-3-5-15(12(11)2)21-16(25)10-26-18-23-22-17(24(18)20)13-6-8-14(19)9-7-13/h6-9,11-12,15H,3-5,10,20H2,1-2H3,(H,21,25)/t11-,12+,15+/m0/s1. The summed E-state index contributed by atoms with van der Waals surface area (Å²) in [6.45, 7) is 4.48. The number of carbonyl (C=O) groups is 1. The van der Waals surface area contributed by atoms with Crippen molar-refractivity contribution < 1.29 is 4.79 Å². The number of hydrogen-bond donors (Lipinski definition) is 2. The number of halogens is 1. The number of carbonyl (C=O) groups excluding carboxylic acids is 1. The van der Waals surface area contributed by atoms with Gasteiger partial charge in [-0.1, -0.05) is 50.1 Å². The van der Waals surface area contributed by atoms with Crippen LogP contribution in [0.3, 0.4) is 0 Å². The second-order valence-corrected chi connectivity index (χ2v) is 8.29. The van der Waals surface area contributed by atoms with E-state index in [-0.39, 0.29) is 17.7 Å². The SMILES string of the molecule is C[C@@H]1[C@@H](C)CCC[C@H]1NC(=O)CSc1nnc(-c2ccc(Cl)cc2)n1N. The van der Waals surface area contributed by atoms with Crippen LogP contribution in [-0.2, 0) is 4.79 Å². The molecule has 8 heteroatoms. The molecule has 0 radical (unpaired) electrons. The van der Waals surface area contributed by atoms with Crippen molar-refractivity contribution in [2.45, 2.75) is 44.3 Å². The number of rotatable bonds is 5. The van der Waals surface area contributed by atoms with Gasteiger partial charge >= 0.3 is 0 Å². The summed E-state index contributed by atoms with van der Waals surface area (Å²) in [4.78, 5) is 12.3. The summed E-state index contributed by atoms with van der Waals surface area (Å²) in [5.74, 6) is 8.07. The predicted molar refractivity (Wildman–Crippen MR) is 105 cm³/mol. The average Bonchev–Trinajstić information content (AvgIpc) is 2.99. The lowest BCUT2D eigenvalue weighted by Gasteiger charge is -2.34. The molecular formula is C18H24ClN5OS. The minimum Gasteiger partial charge on any atom is -0.352 e. The van der Waals surface area contributed by atoms with Gasteiger partial charge in [-0.05, 0) is 42.5 Å². The molecule has 0 bridgehead atoms. The van der Waals surface area contributed by atoms with Gasteiger partial charge < -0.3 is 11.2 Å². The van der Waals surface area contributed by atoms with E-state index >= 15 is 0 Å². The van der Waals surface area contributed by atoms with E-state index < -0.39 is 0 Å². The highest BCUT2D eigenvalue weighted by Gasteiger charge is 2.28. The number of thioether (sulfide) groups is 1. The number of nitrogen functional groups attached to an aromatic ring is 1. The molecule has 1 aliphatic rings. The molecule has 1 amide bonds. The van der Waals surface area contributed by atoms with Gasteiger partial charge in [-0.3, -0.25) is 4.79 Å². The molecular weight excluding hydrogens is 370 g/mol. The molecule has 1 heterocycles. The minimum absolute atomic E-state index is 0.0111. The molecule has 0 aliphatic heterocycles. The predicted octanol–water partition coefficient (Wildman–Crippen LogP) is 3.35. The summed E-state index contributed by atoms with van der Waals surface area (Å²) in [5.41, 5.74) is 0.825. The summed E-state index contributed by atoms with van der Waals surface area (Å²) >= 11 is 7.20. The number of nitrogens with two attached hydrogens (primary N) is 1. The van der Waals surface area contributed by atoms with Crippen molar-refractivity contribution in [1.29, 1.82) is 0 Å². The molecule has 0 unspecified atom stereocenters. The maximum atomic E-state index is 12.3. The van der Waals surface area contributed by atoms with E-state index in [4.69, 9.17) is 17.4 Å². The highest BCUT2D eigenvalue weighted by atomic mass is 35.5. The molecule has 1 fully saturated rings. The van der Waals surface area contributed by atoms with Gasteiger partial charge in [0.2, 0.25) is 11.1 Å². The van der Waals surface area contributed by atoms with E-state index in [0.717, 1.165) is 12.0 Å². The summed E-state index contributed by atoms with van der Waals surface area (Å²) in [6.07, 6.45) is 3.47. The molecule has 3 N–H and O–H groups in total. The second kappa shape index (κ2) is 8.31. The number of amides is 1. The van der Waals surface area contributed by atoms with Gasteiger partial charge in [0.1, 0.15) is 0 Å². The summed E-state index contributed by atoms with van der Waals surface area (Å²) in [6, 6.07) is 7.48. The van der Waals surface area contributed by atoms with E-state index in [9.17, 15) is 4.79 Å². The summed E-state index contributed by atoms with van der Waals surface area (Å²) < 4.78 is 1.41. The van der Waals surface area contributed by atoms with Crippen LogP contribution in [0, 0.1) is 11.8 Å². The highest BCUT2D eigenvalue weighted by Crippen LogP contribution is 2.29.